The first kappa shape index (κ1) is 12.6. The molecule has 0 aliphatic carbocycles. The smallest absolute Gasteiger partial charge is 0.335 e. The van der Waals surface area contributed by atoms with Crippen LogP contribution in [0.3, 0.4) is 0 Å². The summed E-state index contributed by atoms with van der Waals surface area (Å²) in [6.07, 6.45) is 0.520. The lowest BCUT2D eigenvalue weighted by atomic mass is 10.1. The zero-order valence-electron chi connectivity index (χ0n) is 10.3. The Kier molecular flexibility index (Phi) is 3.08. The summed E-state index contributed by atoms with van der Waals surface area (Å²) in [6.45, 7) is 0. The van der Waals surface area contributed by atoms with Crippen molar-refractivity contribution >= 4 is 28.2 Å². The molecule has 0 aliphatic rings. The van der Waals surface area contributed by atoms with E-state index in [2.05, 4.69) is 9.97 Å². The van der Waals surface area contributed by atoms with E-state index >= 15 is 0 Å². The minimum atomic E-state index is -1.03. The molecule has 2 N–H and O–H groups in total. The summed E-state index contributed by atoms with van der Waals surface area (Å²) in [6, 6.07) is 6.27. The van der Waals surface area contributed by atoms with Gasteiger partial charge in [0.15, 0.2) is 0 Å². The Bertz CT molecular complexity index is 837. The number of nitrogens with zero attached hydrogens (tertiary/aromatic N) is 1. The van der Waals surface area contributed by atoms with Gasteiger partial charge in [0.05, 0.1) is 16.5 Å². The van der Waals surface area contributed by atoms with Crippen molar-refractivity contribution in [2.75, 3.05) is 0 Å². The minimum Gasteiger partial charge on any atom is -0.478 e. The average molecular weight is 286 g/mol. The predicted octanol–water partition coefficient (Wildman–Crippen LogP) is 2.27. The van der Waals surface area contributed by atoms with Crippen LogP contribution in [0.1, 0.15) is 21.7 Å². The van der Waals surface area contributed by atoms with E-state index in [0.29, 0.717) is 23.1 Å². The molecule has 0 unspecified atom stereocenters. The van der Waals surface area contributed by atoms with Gasteiger partial charge in [-0.15, -0.1) is 0 Å². The van der Waals surface area contributed by atoms with Crippen molar-refractivity contribution in [3.63, 3.8) is 0 Å². The van der Waals surface area contributed by atoms with Gasteiger partial charge in [-0.3, -0.25) is 4.79 Å². The number of aromatic nitrogens is 2. The lowest BCUT2D eigenvalue weighted by Crippen LogP contribution is -2.12. The van der Waals surface area contributed by atoms with Crippen LogP contribution in [0.5, 0.6) is 0 Å². The van der Waals surface area contributed by atoms with Crippen molar-refractivity contribution in [1.82, 2.24) is 9.97 Å². The zero-order chi connectivity index (χ0) is 14.1. The first-order chi connectivity index (χ1) is 9.63. The molecule has 0 saturated heterocycles. The van der Waals surface area contributed by atoms with Gasteiger partial charge < -0.3 is 10.1 Å². The molecule has 2 heterocycles. The fourth-order valence-corrected chi connectivity index (χ4v) is 2.66. The van der Waals surface area contributed by atoms with Gasteiger partial charge >= 0.3 is 5.97 Å². The number of H-pyrrole nitrogens is 1. The molecule has 20 heavy (non-hydrogen) atoms. The molecule has 5 nitrogen and oxygen atoms in total. The maximum Gasteiger partial charge on any atom is 0.335 e. The van der Waals surface area contributed by atoms with Crippen LogP contribution in [0.25, 0.3) is 10.9 Å². The number of carbonyl (C=O) groups is 1. The third-order valence-corrected chi connectivity index (χ3v) is 3.69. The number of nitrogens with one attached hydrogen (secondary N) is 1. The fourth-order valence-electron chi connectivity index (χ4n) is 1.99. The van der Waals surface area contributed by atoms with Crippen LogP contribution in [0.4, 0.5) is 0 Å². The standard InChI is InChI=1S/C14H10N2O3S/c17-13-10-2-1-9(14(18)19)6-11(10)15-12(16-13)5-8-3-4-20-7-8/h1-4,6-7H,5H2,(H,18,19)(H,15,16,17). The van der Waals surface area contributed by atoms with Gasteiger partial charge in [-0.05, 0) is 40.6 Å². The molecule has 0 saturated carbocycles. The van der Waals surface area contributed by atoms with Crippen LogP contribution in [0.15, 0.2) is 39.8 Å². The first-order valence-corrected chi connectivity index (χ1v) is 6.85. The number of hydrogen-bond acceptors (Lipinski definition) is 4. The SMILES string of the molecule is O=C(O)c1ccc2c(=O)[nH]c(Cc3ccsc3)nc2c1. The van der Waals surface area contributed by atoms with E-state index in [1.807, 2.05) is 16.8 Å². The highest BCUT2D eigenvalue weighted by Gasteiger charge is 2.09. The number of fused-ring (bicyclic) bond motifs is 1. The van der Waals surface area contributed by atoms with Crippen molar-refractivity contribution in [3.05, 3.63) is 62.3 Å². The monoisotopic (exact) mass is 286 g/mol. The Balaban J connectivity index is 2.11. The molecule has 0 amide bonds. The van der Waals surface area contributed by atoms with Gasteiger partial charge in [0, 0.05) is 6.42 Å². The highest BCUT2D eigenvalue weighted by Crippen LogP contribution is 2.13. The van der Waals surface area contributed by atoms with Crippen molar-refractivity contribution in [2.24, 2.45) is 0 Å². The Morgan fingerprint density at radius 1 is 1.35 bits per heavy atom. The maximum atomic E-state index is 12.0. The number of rotatable bonds is 3. The summed E-state index contributed by atoms with van der Waals surface area (Å²) >= 11 is 1.58. The fraction of sp³-hybridized carbons (Fsp3) is 0.0714. The van der Waals surface area contributed by atoms with Gasteiger partial charge in [0.2, 0.25) is 0 Å². The van der Waals surface area contributed by atoms with E-state index in [-0.39, 0.29) is 11.1 Å². The van der Waals surface area contributed by atoms with Crippen molar-refractivity contribution in [2.45, 2.75) is 6.42 Å². The average Bonchev–Trinajstić information content (AvgIpc) is 2.91. The number of benzene rings is 1. The van der Waals surface area contributed by atoms with Crippen molar-refractivity contribution < 1.29 is 9.90 Å². The lowest BCUT2D eigenvalue weighted by molar-refractivity contribution is 0.0697. The van der Waals surface area contributed by atoms with Crippen LogP contribution in [0, 0.1) is 0 Å². The normalized spacial score (nSPS) is 10.8. The van der Waals surface area contributed by atoms with Crippen molar-refractivity contribution in [3.8, 4) is 0 Å². The summed E-state index contributed by atoms with van der Waals surface area (Å²) in [4.78, 5) is 30.0. The Labute approximate surface area is 117 Å². The molecule has 0 bridgehead atoms. The summed E-state index contributed by atoms with van der Waals surface area (Å²) in [5, 5.41) is 13.3. The highest BCUT2D eigenvalue weighted by molar-refractivity contribution is 7.07. The second-order valence-corrected chi connectivity index (χ2v) is 5.14. The van der Waals surface area contributed by atoms with Gasteiger partial charge in [-0.2, -0.15) is 11.3 Å². The van der Waals surface area contributed by atoms with Gasteiger partial charge in [0.1, 0.15) is 5.82 Å². The van der Waals surface area contributed by atoms with Crippen LogP contribution in [0.2, 0.25) is 0 Å². The molecule has 2 aromatic heterocycles. The lowest BCUT2D eigenvalue weighted by Gasteiger charge is -2.03. The molecule has 100 valence electrons. The molecule has 3 aromatic rings. The summed E-state index contributed by atoms with van der Waals surface area (Å²) < 4.78 is 0. The Morgan fingerprint density at radius 3 is 2.90 bits per heavy atom. The predicted molar refractivity (Wildman–Crippen MR) is 76.4 cm³/mol. The molecule has 0 aliphatic heterocycles. The topological polar surface area (TPSA) is 83.0 Å². The quantitative estimate of drug-likeness (QED) is 0.773. The van der Waals surface area contributed by atoms with E-state index in [1.165, 1.54) is 18.2 Å². The van der Waals surface area contributed by atoms with E-state index < -0.39 is 5.97 Å². The van der Waals surface area contributed by atoms with E-state index in [0.717, 1.165) is 5.56 Å². The van der Waals surface area contributed by atoms with Gasteiger partial charge in [0.25, 0.3) is 5.56 Å². The van der Waals surface area contributed by atoms with E-state index in [4.69, 9.17) is 5.11 Å². The van der Waals surface area contributed by atoms with Crippen LogP contribution in [-0.2, 0) is 6.42 Å². The number of thiophene rings is 1. The second-order valence-electron chi connectivity index (χ2n) is 4.36. The molecular weight excluding hydrogens is 276 g/mol. The Morgan fingerprint density at radius 2 is 2.20 bits per heavy atom. The maximum absolute atomic E-state index is 12.0. The number of carboxylic acid groups (broad SMARTS) is 1. The molecule has 0 radical (unpaired) electrons. The first-order valence-electron chi connectivity index (χ1n) is 5.91. The highest BCUT2D eigenvalue weighted by atomic mass is 32.1. The van der Waals surface area contributed by atoms with Crippen LogP contribution >= 0.6 is 11.3 Å². The second kappa shape index (κ2) is 4.90. The molecule has 3 rings (SSSR count). The van der Waals surface area contributed by atoms with Crippen molar-refractivity contribution in [1.29, 1.82) is 0 Å². The molecular formula is C14H10N2O3S. The molecule has 0 spiro atoms. The summed E-state index contributed by atoms with van der Waals surface area (Å²) in [7, 11) is 0. The van der Waals surface area contributed by atoms with Crippen LogP contribution < -0.4 is 5.56 Å². The molecule has 6 heteroatoms. The van der Waals surface area contributed by atoms with Gasteiger partial charge in [-0.25, -0.2) is 9.78 Å². The van der Waals surface area contributed by atoms with E-state index in [9.17, 15) is 9.59 Å². The molecule has 0 atom stereocenters. The third-order valence-electron chi connectivity index (χ3n) is 2.95. The summed E-state index contributed by atoms with van der Waals surface area (Å²) in [5.74, 6) is -0.503. The van der Waals surface area contributed by atoms with Gasteiger partial charge in [-0.1, -0.05) is 0 Å². The largest absolute Gasteiger partial charge is 0.478 e. The number of carboxylic acids is 1. The van der Waals surface area contributed by atoms with E-state index in [1.54, 1.807) is 11.3 Å². The number of aromatic amines is 1. The Hall–Kier alpha value is -2.47. The molecule has 1 aromatic carbocycles. The zero-order valence-corrected chi connectivity index (χ0v) is 11.1. The third kappa shape index (κ3) is 2.33. The number of hydrogen-bond donors (Lipinski definition) is 2. The van der Waals surface area contributed by atoms with Crippen LogP contribution in [-0.4, -0.2) is 21.0 Å². The number of aromatic carboxylic acids is 1. The summed E-state index contributed by atoms with van der Waals surface area (Å²) in [5.41, 5.74) is 1.33. The minimum absolute atomic E-state index is 0.122. The molecule has 0 fully saturated rings.